The Kier molecular flexibility index (Phi) is 5.69. The summed E-state index contributed by atoms with van der Waals surface area (Å²) in [5.74, 6) is 1.58. The average Bonchev–Trinajstić information content (AvgIpc) is 2.78. The molecule has 0 fully saturated rings. The van der Waals surface area contributed by atoms with Crippen LogP contribution in [0.2, 0.25) is 0 Å². The van der Waals surface area contributed by atoms with Crippen LogP contribution in [-0.2, 0) is 12.7 Å². The molecule has 0 spiro atoms. The largest absolute Gasteiger partial charge is 0.437 e. The van der Waals surface area contributed by atoms with E-state index in [2.05, 4.69) is 30.2 Å². The van der Waals surface area contributed by atoms with Crippen molar-refractivity contribution < 1.29 is 17.9 Å². The SMILES string of the molecule is FC(F)(F)c1cncc(-c2nccc(NCc3cccc(Oc4cnccn4)c3)n2)c1. The first-order valence-corrected chi connectivity index (χ1v) is 9.10. The molecule has 3 heterocycles. The molecule has 3 aromatic heterocycles. The highest BCUT2D eigenvalue weighted by molar-refractivity contribution is 5.56. The Balaban J connectivity index is 1.46. The Morgan fingerprint density at radius 1 is 0.903 bits per heavy atom. The first-order valence-electron chi connectivity index (χ1n) is 9.10. The highest BCUT2D eigenvalue weighted by Crippen LogP contribution is 2.30. The lowest BCUT2D eigenvalue weighted by atomic mass is 10.2. The van der Waals surface area contributed by atoms with Crippen LogP contribution in [0.5, 0.6) is 11.6 Å². The van der Waals surface area contributed by atoms with E-state index in [9.17, 15) is 13.2 Å². The highest BCUT2D eigenvalue weighted by atomic mass is 19.4. The molecule has 0 radical (unpaired) electrons. The van der Waals surface area contributed by atoms with Crippen LogP contribution in [0.1, 0.15) is 11.1 Å². The second kappa shape index (κ2) is 8.74. The summed E-state index contributed by atoms with van der Waals surface area (Å²) < 4.78 is 44.5. The molecule has 0 unspecified atom stereocenters. The predicted octanol–water partition coefficient (Wildman–Crippen LogP) is 4.75. The molecule has 1 N–H and O–H groups in total. The van der Waals surface area contributed by atoms with Crippen molar-refractivity contribution >= 4 is 5.82 Å². The van der Waals surface area contributed by atoms with Gasteiger partial charge in [0, 0.05) is 43.1 Å². The Labute approximate surface area is 175 Å². The lowest BCUT2D eigenvalue weighted by Gasteiger charge is -2.10. The number of hydrogen-bond acceptors (Lipinski definition) is 7. The zero-order valence-electron chi connectivity index (χ0n) is 15.9. The van der Waals surface area contributed by atoms with Gasteiger partial charge in [-0.1, -0.05) is 12.1 Å². The van der Waals surface area contributed by atoms with E-state index in [1.807, 2.05) is 18.2 Å². The van der Waals surface area contributed by atoms with Crippen LogP contribution in [0.25, 0.3) is 11.4 Å². The summed E-state index contributed by atoms with van der Waals surface area (Å²) in [6.45, 7) is 0.412. The first-order chi connectivity index (χ1) is 15.0. The van der Waals surface area contributed by atoms with E-state index in [1.54, 1.807) is 18.3 Å². The van der Waals surface area contributed by atoms with Gasteiger partial charge in [-0.05, 0) is 29.8 Å². The van der Waals surface area contributed by atoms with Crippen LogP contribution in [0, 0.1) is 0 Å². The Morgan fingerprint density at radius 2 is 1.81 bits per heavy atom. The molecular formula is C21H15F3N6O. The zero-order valence-corrected chi connectivity index (χ0v) is 15.9. The van der Waals surface area contributed by atoms with Crippen molar-refractivity contribution in [3.63, 3.8) is 0 Å². The Hall–Kier alpha value is -4.08. The second-order valence-corrected chi connectivity index (χ2v) is 6.37. The third kappa shape index (κ3) is 5.30. The van der Waals surface area contributed by atoms with Crippen molar-refractivity contribution in [2.45, 2.75) is 12.7 Å². The number of halogens is 3. The Morgan fingerprint density at radius 3 is 2.61 bits per heavy atom. The third-order valence-corrected chi connectivity index (χ3v) is 4.11. The standard InChI is InChI=1S/C21H15F3N6O/c22-21(23,24)16-9-15(11-26-12-16)20-28-5-4-18(30-20)29-10-14-2-1-3-17(8-14)31-19-13-25-6-7-27-19/h1-9,11-13H,10H2,(H,28,29,30). The third-order valence-electron chi connectivity index (χ3n) is 4.11. The van der Waals surface area contributed by atoms with Gasteiger partial charge in [0.25, 0.3) is 0 Å². The van der Waals surface area contributed by atoms with Gasteiger partial charge in [-0.3, -0.25) is 9.97 Å². The smallest absolute Gasteiger partial charge is 0.417 e. The fourth-order valence-electron chi connectivity index (χ4n) is 2.68. The van der Waals surface area contributed by atoms with Gasteiger partial charge in [0.05, 0.1) is 11.8 Å². The molecule has 0 bridgehead atoms. The topological polar surface area (TPSA) is 85.7 Å². The van der Waals surface area contributed by atoms with Gasteiger partial charge in [-0.2, -0.15) is 13.2 Å². The molecule has 0 aliphatic rings. The molecule has 156 valence electrons. The summed E-state index contributed by atoms with van der Waals surface area (Å²) in [5.41, 5.74) is 0.229. The van der Waals surface area contributed by atoms with E-state index in [1.165, 1.54) is 24.8 Å². The molecule has 0 atom stereocenters. The quantitative estimate of drug-likeness (QED) is 0.478. The summed E-state index contributed by atoms with van der Waals surface area (Å²) in [6, 6.07) is 9.96. The molecule has 0 saturated carbocycles. The van der Waals surface area contributed by atoms with E-state index < -0.39 is 11.7 Å². The summed E-state index contributed by atoms with van der Waals surface area (Å²) >= 11 is 0. The molecule has 7 nitrogen and oxygen atoms in total. The minimum Gasteiger partial charge on any atom is -0.437 e. The predicted molar refractivity (Wildman–Crippen MR) is 106 cm³/mol. The van der Waals surface area contributed by atoms with Crippen molar-refractivity contribution in [2.75, 3.05) is 5.32 Å². The summed E-state index contributed by atoms with van der Waals surface area (Å²) in [7, 11) is 0. The summed E-state index contributed by atoms with van der Waals surface area (Å²) in [6.07, 6.45) is 3.64. The normalized spacial score (nSPS) is 11.2. The molecule has 10 heteroatoms. The lowest BCUT2D eigenvalue weighted by Crippen LogP contribution is -2.06. The van der Waals surface area contributed by atoms with E-state index in [-0.39, 0.29) is 11.4 Å². The van der Waals surface area contributed by atoms with Crippen LogP contribution in [-0.4, -0.2) is 24.9 Å². The maximum Gasteiger partial charge on any atom is 0.417 e. The minimum absolute atomic E-state index is 0.142. The van der Waals surface area contributed by atoms with Crippen molar-refractivity contribution in [3.05, 3.63) is 84.7 Å². The maximum atomic E-state index is 12.9. The van der Waals surface area contributed by atoms with Crippen molar-refractivity contribution in [1.82, 2.24) is 24.9 Å². The number of nitrogens with zero attached hydrogens (tertiary/aromatic N) is 5. The van der Waals surface area contributed by atoms with E-state index in [4.69, 9.17) is 4.74 Å². The van der Waals surface area contributed by atoms with E-state index in [0.717, 1.165) is 17.8 Å². The number of benzene rings is 1. The molecule has 0 amide bonds. The molecule has 31 heavy (non-hydrogen) atoms. The molecule has 0 aliphatic heterocycles. The van der Waals surface area contributed by atoms with Crippen molar-refractivity contribution in [3.8, 4) is 23.0 Å². The molecule has 4 aromatic rings. The van der Waals surface area contributed by atoms with Crippen LogP contribution in [0.15, 0.2) is 73.6 Å². The zero-order chi connectivity index (χ0) is 21.7. The van der Waals surface area contributed by atoms with Gasteiger partial charge in [0.2, 0.25) is 5.88 Å². The molecular weight excluding hydrogens is 409 g/mol. The van der Waals surface area contributed by atoms with Gasteiger partial charge in [0.15, 0.2) is 5.82 Å². The highest BCUT2D eigenvalue weighted by Gasteiger charge is 2.31. The van der Waals surface area contributed by atoms with Gasteiger partial charge in [0.1, 0.15) is 11.6 Å². The fraction of sp³-hybridized carbons (Fsp3) is 0.0952. The number of hydrogen-bond donors (Lipinski definition) is 1. The lowest BCUT2D eigenvalue weighted by molar-refractivity contribution is -0.137. The number of rotatable bonds is 6. The van der Waals surface area contributed by atoms with Gasteiger partial charge in [-0.25, -0.2) is 15.0 Å². The van der Waals surface area contributed by atoms with Crippen molar-refractivity contribution in [2.24, 2.45) is 0 Å². The molecule has 0 saturated heterocycles. The van der Waals surface area contributed by atoms with Crippen LogP contribution in [0.3, 0.4) is 0 Å². The van der Waals surface area contributed by atoms with E-state index >= 15 is 0 Å². The van der Waals surface area contributed by atoms with Crippen LogP contribution in [0.4, 0.5) is 19.0 Å². The van der Waals surface area contributed by atoms with Gasteiger partial charge < -0.3 is 10.1 Å². The Bertz CT molecular complexity index is 1170. The monoisotopic (exact) mass is 424 g/mol. The number of aromatic nitrogens is 5. The first kappa shape index (κ1) is 20.2. The molecule has 0 aliphatic carbocycles. The van der Waals surface area contributed by atoms with Crippen molar-refractivity contribution in [1.29, 1.82) is 0 Å². The van der Waals surface area contributed by atoms with Crippen LogP contribution >= 0.6 is 0 Å². The number of ether oxygens (including phenoxy) is 1. The number of nitrogens with one attached hydrogen (secondary N) is 1. The molecule has 1 aromatic carbocycles. The number of pyridine rings is 1. The second-order valence-electron chi connectivity index (χ2n) is 6.37. The summed E-state index contributed by atoms with van der Waals surface area (Å²) in [5, 5.41) is 3.13. The van der Waals surface area contributed by atoms with Crippen LogP contribution < -0.4 is 10.1 Å². The number of anilines is 1. The molecule has 4 rings (SSSR count). The van der Waals surface area contributed by atoms with Gasteiger partial charge in [-0.15, -0.1) is 0 Å². The average molecular weight is 424 g/mol. The number of alkyl halides is 3. The van der Waals surface area contributed by atoms with E-state index in [0.29, 0.717) is 24.0 Å². The maximum absolute atomic E-state index is 12.9. The van der Waals surface area contributed by atoms with Gasteiger partial charge >= 0.3 is 6.18 Å². The summed E-state index contributed by atoms with van der Waals surface area (Å²) in [4.78, 5) is 20.0. The fourth-order valence-corrected chi connectivity index (χ4v) is 2.68. The minimum atomic E-state index is -4.49.